The van der Waals surface area contributed by atoms with Gasteiger partial charge in [0.15, 0.2) is 11.6 Å². The van der Waals surface area contributed by atoms with Gasteiger partial charge in [0, 0.05) is 18.1 Å². The summed E-state index contributed by atoms with van der Waals surface area (Å²) in [6, 6.07) is 1.55. The van der Waals surface area contributed by atoms with Crippen LogP contribution in [0, 0.1) is 0 Å². The zero-order valence-corrected chi connectivity index (χ0v) is 8.28. The molecule has 1 unspecified atom stereocenters. The largest absolute Gasteiger partial charge is 0.296 e. The molecule has 1 aliphatic heterocycles. The second kappa shape index (κ2) is 4.32. The van der Waals surface area contributed by atoms with Crippen molar-refractivity contribution in [2.24, 2.45) is 4.99 Å². The lowest BCUT2D eigenvalue weighted by Crippen LogP contribution is -2.15. The molecule has 1 fully saturated rings. The zero-order valence-electron chi connectivity index (χ0n) is 7.46. The maximum atomic E-state index is 11.2. The van der Waals surface area contributed by atoms with Crippen molar-refractivity contribution in [2.45, 2.75) is 6.04 Å². The maximum absolute atomic E-state index is 11.2. The van der Waals surface area contributed by atoms with E-state index in [1.54, 1.807) is 36.4 Å². The van der Waals surface area contributed by atoms with E-state index in [0.717, 1.165) is 5.75 Å². The number of ketones is 1. The molecule has 1 atom stereocenters. The molecule has 2 heterocycles. The summed E-state index contributed by atoms with van der Waals surface area (Å²) in [5.41, 5.74) is 0. The number of hydrogen-bond acceptors (Lipinski definition) is 5. The number of nitrogens with zero attached hydrogens (tertiary/aromatic N) is 3. The molecule has 0 radical (unpaired) electrons. The van der Waals surface area contributed by atoms with Gasteiger partial charge in [0.1, 0.15) is 6.04 Å². The molecule has 72 valence electrons. The molecule has 0 amide bonds. The smallest absolute Gasteiger partial charge is 0.170 e. The van der Waals surface area contributed by atoms with E-state index >= 15 is 0 Å². The van der Waals surface area contributed by atoms with Crippen LogP contribution in [-0.2, 0) is 4.79 Å². The molecule has 0 aliphatic carbocycles. The first kappa shape index (κ1) is 9.33. The quantitative estimate of drug-likeness (QED) is 0.666. The first-order valence-electron chi connectivity index (χ1n) is 4.27. The normalized spacial score (nSPS) is 22.0. The Hall–Kier alpha value is -1.23. The molecule has 1 aromatic rings. The Bertz CT molecular complexity index is 352. The molecule has 1 saturated heterocycles. The number of Topliss-reactive ketones (excluding diaryl/α,β-unsaturated/α-hetero) is 1. The SMILES string of the molecule is O=C1CSCC1N=Cc1ncccn1. The number of thioether (sulfide) groups is 1. The van der Waals surface area contributed by atoms with Crippen LogP contribution in [0.2, 0.25) is 0 Å². The minimum Gasteiger partial charge on any atom is -0.296 e. The molecule has 0 aromatic carbocycles. The molecule has 0 spiro atoms. The van der Waals surface area contributed by atoms with Crippen LogP contribution in [0.1, 0.15) is 5.82 Å². The highest BCUT2D eigenvalue weighted by Crippen LogP contribution is 2.16. The number of carbonyl (C=O) groups is 1. The van der Waals surface area contributed by atoms with Crippen LogP contribution >= 0.6 is 11.8 Å². The minimum absolute atomic E-state index is 0.191. The van der Waals surface area contributed by atoms with Crippen LogP contribution in [0.4, 0.5) is 0 Å². The van der Waals surface area contributed by atoms with Gasteiger partial charge in [-0.1, -0.05) is 0 Å². The van der Waals surface area contributed by atoms with E-state index in [0.29, 0.717) is 11.6 Å². The Morgan fingerprint density at radius 1 is 1.50 bits per heavy atom. The Labute approximate surface area is 85.9 Å². The monoisotopic (exact) mass is 207 g/mol. The number of rotatable bonds is 2. The van der Waals surface area contributed by atoms with Crippen molar-refractivity contribution >= 4 is 23.8 Å². The van der Waals surface area contributed by atoms with Gasteiger partial charge < -0.3 is 0 Å². The number of carbonyl (C=O) groups excluding carboxylic acids is 1. The van der Waals surface area contributed by atoms with E-state index in [4.69, 9.17) is 0 Å². The molecule has 1 aromatic heterocycles. The summed E-state index contributed by atoms with van der Waals surface area (Å²) in [5, 5.41) is 0. The third kappa shape index (κ3) is 2.17. The van der Waals surface area contributed by atoms with Crippen molar-refractivity contribution < 1.29 is 4.79 Å². The molecule has 0 N–H and O–H groups in total. The third-order valence-electron chi connectivity index (χ3n) is 1.85. The standard InChI is InChI=1S/C9H9N3OS/c13-8-6-14-5-7(8)12-4-9-10-2-1-3-11-9/h1-4,7H,5-6H2. The summed E-state index contributed by atoms with van der Waals surface area (Å²) in [7, 11) is 0. The lowest BCUT2D eigenvalue weighted by molar-refractivity contribution is -0.116. The molecule has 4 nitrogen and oxygen atoms in total. The van der Waals surface area contributed by atoms with Gasteiger partial charge in [0.25, 0.3) is 0 Å². The van der Waals surface area contributed by atoms with Crippen molar-refractivity contribution in [1.82, 2.24) is 9.97 Å². The predicted octanol–water partition coefficient (Wildman–Crippen LogP) is 0.580. The molecule has 5 heteroatoms. The van der Waals surface area contributed by atoms with Gasteiger partial charge in [-0.05, 0) is 6.07 Å². The summed E-state index contributed by atoms with van der Waals surface area (Å²) >= 11 is 1.62. The van der Waals surface area contributed by atoms with Gasteiger partial charge in [-0.15, -0.1) is 0 Å². The predicted molar refractivity (Wildman–Crippen MR) is 55.7 cm³/mol. The highest BCUT2D eigenvalue weighted by Gasteiger charge is 2.23. The fraction of sp³-hybridized carbons (Fsp3) is 0.333. The van der Waals surface area contributed by atoms with Gasteiger partial charge in [0.05, 0.1) is 12.0 Å². The fourth-order valence-corrected chi connectivity index (χ4v) is 2.13. The van der Waals surface area contributed by atoms with E-state index in [9.17, 15) is 4.79 Å². The fourth-order valence-electron chi connectivity index (χ4n) is 1.12. The minimum atomic E-state index is -0.191. The number of aliphatic imine (C=N–C) groups is 1. The topological polar surface area (TPSA) is 55.2 Å². The Morgan fingerprint density at radius 3 is 2.93 bits per heavy atom. The average Bonchev–Trinajstić information content (AvgIpc) is 2.63. The van der Waals surface area contributed by atoms with Crippen LogP contribution < -0.4 is 0 Å². The Balaban J connectivity index is 2.03. The highest BCUT2D eigenvalue weighted by atomic mass is 32.2. The van der Waals surface area contributed by atoms with Crippen LogP contribution in [-0.4, -0.2) is 39.5 Å². The highest BCUT2D eigenvalue weighted by molar-refractivity contribution is 8.00. The second-order valence-corrected chi connectivity index (χ2v) is 3.91. The van der Waals surface area contributed by atoms with Crippen molar-refractivity contribution in [3.8, 4) is 0 Å². The van der Waals surface area contributed by atoms with Crippen molar-refractivity contribution in [3.63, 3.8) is 0 Å². The van der Waals surface area contributed by atoms with Crippen molar-refractivity contribution in [3.05, 3.63) is 24.3 Å². The molecule has 14 heavy (non-hydrogen) atoms. The first-order valence-corrected chi connectivity index (χ1v) is 5.42. The van der Waals surface area contributed by atoms with Gasteiger partial charge in [0.2, 0.25) is 0 Å². The zero-order chi connectivity index (χ0) is 9.80. The van der Waals surface area contributed by atoms with Gasteiger partial charge in [-0.2, -0.15) is 11.8 Å². The van der Waals surface area contributed by atoms with Gasteiger partial charge >= 0.3 is 0 Å². The summed E-state index contributed by atoms with van der Waals surface area (Å²) in [5.74, 6) is 2.11. The average molecular weight is 207 g/mol. The van der Waals surface area contributed by atoms with E-state index in [2.05, 4.69) is 15.0 Å². The third-order valence-corrected chi connectivity index (χ3v) is 2.89. The van der Waals surface area contributed by atoms with Gasteiger partial charge in [-0.3, -0.25) is 9.79 Å². The van der Waals surface area contributed by atoms with Crippen molar-refractivity contribution in [1.29, 1.82) is 0 Å². The summed E-state index contributed by atoms with van der Waals surface area (Å²) in [6.07, 6.45) is 4.87. The van der Waals surface area contributed by atoms with E-state index in [1.807, 2.05) is 0 Å². The number of hydrogen-bond donors (Lipinski definition) is 0. The Morgan fingerprint density at radius 2 is 2.29 bits per heavy atom. The van der Waals surface area contributed by atoms with Crippen LogP contribution in [0.3, 0.4) is 0 Å². The molecule has 1 aliphatic rings. The van der Waals surface area contributed by atoms with E-state index in [1.165, 1.54) is 0 Å². The lowest BCUT2D eigenvalue weighted by Gasteiger charge is -1.97. The molecule has 0 saturated carbocycles. The Kier molecular flexibility index (Phi) is 2.88. The maximum Gasteiger partial charge on any atom is 0.170 e. The van der Waals surface area contributed by atoms with Gasteiger partial charge in [-0.25, -0.2) is 9.97 Å². The molecular formula is C9H9N3OS. The van der Waals surface area contributed by atoms with Crippen LogP contribution in [0.5, 0.6) is 0 Å². The molecule has 2 rings (SSSR count). The summed E-state index contributed by atoms with van der Waals surface area (Å²) in [4.78, 5) is 23.3. The van der Waals surface area contributed by atoms with Crippen LogP contribution in [0.15, 0.2) is 23.5 Å². The molecular weight excluding hydrogens is 198 g/mol. The second-order valence-electron chi connectivity index (χ2n) is 2.88. The van der Waals surface area contributed by atoms with Crippen LogP contribution in [0.25, 0.3) is 0 Å². The van der Waals surface area contributed by atoms with E-state index in [-0.39, 0.29) is 11.8 Å². The summed E-state index contributed by atoms with van der Waals surface area (Å²) in [6.45, 7) is 0. The van der Waals surface area contributed by atoms with E-state index < -0.39 is 0 Å². The number of aromatic nitrogens is 2. The first-order chi connectivity index (χ1) is 6.86. The van der Waals surface area contributed by atoms with Crippen molar-refractivity contribution in [2.75, 3.05) is 11.5 Å². The molecule has 0 bridgehead atoms. The summed E-state index contributed by atoms with van der Waals surface area (Å²) < 4.78 is 0. The lowest BCUT2D eigenvalue weighted by atomic mass is 10.2.